The molecule has 2 rings (SSSR count). The molecule has 0 aliphatic heterocycles. The molecule has 4 nitrogen and oxygen atoms in total. The quantitative estimate of drug-likeness (QED) is 0.923. The van der Waals surface area contributed by atoms with E-state index in [2.05, 4.69) is 21.2 Å². The number of nitrogens with zero attached hydrogens (tertiary/aromatic N) is 1. The van der Waals surface area contributed by atoms with Gasteiger partial charge in [-0.2, -0.15) is 0 Å². The number of benzene rings is 1. The third-order valence-electron chi connectivity index (χ3n) is 2.94. The van der Waals surface area contributed by atoms with E-state index in [1.165, 1.54) is 0 Å². The lowest BCUT2D eigenvalue weighted by Gasteiger charge is -2.10. The lowest BCUT2D eigenvalue weighted by molar-refractivity contribution is 0.101. The molecule has 0 spiro atoms. The van der Waals surface area contributed by atoms with Crippen LogP contribution in [0.4, 0.5) is 5.69 Å². The second kappa shape index (κ2) is 6.13. The second-order valence-electron chi connectivity index (χ2n) is 4.52. The number of halogens is 1. The largest absolute Gasteiger partial charge is 0.494 e. The van der Waals surface area contributed by atoms with E-state index in [9.17, 15) is 4.79 Å². The number of rotatable bonds is 4. The van der Waals surface area contributed by atoms with Crippen LogP contribution in [0, 0.1) is 6.92 Å². The number of carbonyl (C=O) groups is 1. The van der Waals surface area contributed by atoms with Crippen molar-refractivity contribution in [3.05, 3.63) is 46.2 Å². The molecule has 0 atom stereocenters. The highest BCUT2D eigenvalue weighted by Gasteiger charge is 2.11. The molecule has 20 heavy (non-hydrogen) atoms. The SMILES string of the molecule is CCOc1ccc(NC(=O)c2cc(Br)cn2C)cc1C. The summed E-state index contributed by atoms with van der Waals surface area (Å²) in [7, 11) is 1.84. The lowest BCUT2D eigenvalue weighted by atomic mass is 10.2. The molecule has 1 N–H and O–H groups in total. The summed E-state index contributed by atoms with van der Waals surface area (Å²) >= 11 is 3.36. The minimum atomic E-state index is -0.137. The third kappa shape index (κ3) is 3.22. The van der Waals surface area contributed by atoms with Crippen molar-refractivity contribution in [1.82, 2.24) is 4.57 Å². The van der Waals surface area contributed by atoms with E-state index in [-0.39, 0.29) is 5.91 Å². The lowest BCUT2D eigenvalue weighted by Crippen LogP contribution is -2.15. The van der Waals surface area contributed by atoms with Crippen molar-refractivity contribution in [1.29, 1.82) is 0 Å². The Morgan fingerprint density at radius 2 is 2.15 bits per heavy atom. The van der Waals surface area contributed by atoms with Crippen molar-refractivity contribution < 1.29 is 9.53 Å². The van der Waals surface area contributed by atoms with Crippen LogP contribution >= 0.6 is 15.9 Å². The zero-order chi connectivity index (χ0) is 14.7. The van der Waals surface area contributed by atoms with Crippen LogP contribution in [0.3, 0.4) is 0 Å². The Hall–Kier alpha value is -1.75. The van der Waals surface area contributed by atoms with Crippen molar-refractivity contribution in [3.8, 4) is 5.75 Å². The number of anilines is 1. The fourth-order valence-electron chi connectivity index (χ4n) is 1.99. The van der Waals surface area contributed by atoms with Crippen LogP contribution in [-0.4, -0.2) is 17.1 Å². The van der Waals surface area contributed by atoms with Crippen molar-refractivity contribution in [3.63, 3.8) is 0 Å². The maximum absolute atomic E-state index is 12.2. The number of nitrogens with one attached hydrogen (secondary N) is 1. The van der Waals surface area contributed by atoms with Gasteiger partial charge in [-0.3, -0.25) is 4.79 Å². The molecule has 0 saturated heterocycles. The maximum atomic E-state index is 12.2. The van der Waals surface area contributed by atoms with Gasteiger partial charge < -0.3 is 14.6 Å². The molecule has 0 bridgehead atoms. The van der Waals surface area contributed by atoms with Gasteiger partial charge in [0.05, 0.1) is 6.61 Å². The monoisotopic (exact) mass is 336 g/mol. The van der Waals surface area contributed by atoms with Crippen LogP contribution in [-0.2, 0) is 7.05 Å². The predicted octanol–water partition coefficient (Wildman–Crippen LogP) is 3.75. The zero-order valence-corrected chi connectivity index (χ0v) is 13.3. The highest BCUT2D eigenvalue weighted by atomic mass is 79.9. The number of aryl methyl sites for hydroxylation is 2. The zero-order valence-electron chi connectivity index (χ0n) is 11.7. The third-order valence-corrected chi connectivity index (χ3v) is 3.37. The molecule has 1 heterocycles. The average molecular weight is 337 g/mol. The molecule has 1 aromatic carbocycles. The minimum absolute atomic E-state index is 0.137. The molecule has 0 unspecified atom stereocenters. The molecular weight excluding hydrogens is 320 g/mol. The number of carbonyl (C=O) groups excluding carboxylic acids is 1. The number of hydrogen-bond acceptors (Lipinski definition) is 2. The molecule has 0 fully saturated rings. The molecule has 0 radical (unpaired) electrons. The van der Waals surface area contributed by atoms with E-state index >= 15 is 0 Å². The summed E-state index contributed by atoms with van der Waals surface area (Å²) in [5.41, 5.74) is 2.36. The summed E-state index contributed by atoms with van der Waals surface area (Å²) < 4.78 is 8.14. The maximum Gasteiger partial charge on any atom is 0.272 e. The fourth-order valence-corrected chi connectivity index (χ4v) is 2.51. The first-order valence-electron chi connectivity index (χ1n) is 6.38. The molecular formula is C15H17BrN2O2. The summed E-state index contributed by atoms with van der Waals surface area (Å²) in [5, 5.41) is 2.89. The van der Waals surface area contributed by atoms with E-state index in [1.807, 2.05) is 45.3 Å². The van der Waals surface area contributed by atoms with Gasteiger partial charge in [0.15, 0.2) is 0 Å². The van der Waals surface area contributed by atoms with Crippen molar-refractivity contribution in [2.45, 2.75) is 13.8 Å². The molecule has 0 saturated carbocycles. The first-order chi connectivity index (χ1) is 9.51. The average Bonchev–Trinajstić information content (AvgIpc) is 2.72. The Morgan fingerprint density at radius 1 is 1.40 bits per heavy atom. The summed E-state index contributed by atoms with van der Waals surface area (Å²) in [4.78, 5) is 12.2. The first kappa shape index (κ1) is 14.7. The van der Waals surface area contributed by atoms with Gasteiger partial charge in [0.25, 0.3) is 5.91 Å². The van der Waals surface area contributed by atoms with Gasteiger partial charge in [0, 0.05) is 23.4 Å². The summed E-state index contributed by atoms with van der Waals surface area (Å²) in [6.45, 7) is 4.53. The normalized spacial score (nSPS) is 10.4. The highest BCUT2D eigenvalue weighted by Crippen LogP contribution is 2.22. The Labute approximate surface area is 126 Å². The molecule has 1 amide bonds. The number of hydrogen-bond donors (Lipinski definition) is 1. The van der Waals surface area contributed by atoms with Gasteiger partial charge in [-0.05, 0) is 59.6 Å². The Bertz CT molecular complexity index is 635. The molecule has 2 aromatic rings. The minimum Gasteiger partial charge on any atom is -0.494 e. The van der Waals surface area contributed by atoms with Gasteiger partial charge >= 0.3 is 0 Å². The van der Waals surface area contributed by atoms with Crippen LogP contribution in [0.25, 0.3) is 0 Å². The van der Waals surface area contributed by atoms with Crippen molar-refractivity contribution >= 4 is 27.5 Å². The van der Waals surface area contributed by atoms with E-state index in [1.54, 1.807) is 10.6 Å². The summed E-state index contributed by atoms with van der Waals surface area (Å²) in [5.74, 6) is 0.703. The second-order valence-corrected chi connectivity index (χ2v) is 5.44. The fraction of sp³-hybridized carbons (Fsp3) is 0.267. The van der Waals surface area contributed by atoms with E-state index in [0.29, 0.717) is 12.3 Å². The van der Waals surface area contributed by atoms with E-state index in [4.69, 9.17) is 4.74 Å². The molecule has 106 valence electrons. The Kier molecular flexibility index (Phi) is 4.49. The highest BCUT2D eigenvalue weighted by molar-refractivity contribution is 9.10. The van der Waals surface area contributed by atoms with Crippen LogP contribution in [0.15, 0.2) is 34.9 Å². The van der Waals surface area contributed by atoms with Gasteiger partial charge in [-0.15, -0.1) is 0 Å². The van der Waals surface area contributed by atoms with Gasteiger partial charge in [0.1, 0.15) is 11.4 Å². The number of ether oxygens (including phenoxy) is 1. The molecule has 0 aliphatic rings. The smallest absolute Gasteiger partial charge is 0.272 e. The topological polar surface area (TPSA) is 43.3 Å². The van der Waals surface area contributed by atoms with Gasteiger partial charge in [0.2, 0.25) is 0 Å². The standard InChI is InChI=1S/C15H17BrN2O2/c1-4-20-14-6-5-12(7-10(14)2)17-15(19)13-8-11(16)9-18(13)3/h5-9H,4H2,1-3H3,(H,17,19). The van der Waals surface area contributed by atoms with Crippen molar-refractivity contribution in [2.24, 2.45) is 7.05 Å². The van der Waals surface area contributed by atoms with Gasteiger partial charge in [-0.1, -0.05) is 0 Å². The molecule has 0 aliphatic carbocycles. The summed E-state index contributed by atoms with van der Waals surface area (Å²) in [6, 6.07) is 7.40. The number of aromatic nitrogens is 1. The van der Waals surface area contributed by atoms with Crippen LogP contribution in [0.2, 0.25) is 0 Å². The van der Waals surface area contributed by atoms with E-state index in [0.717, 1.165) is 21.5 Å². The van der Waals surface area contributed by atoms with Crippen LogP contribution in [0.1, 0.15) is 23.0 Å². The van der Waals surface area contributed by atoms with Crippen LogP contribution < -0.4 is 10.1 Å². The molecule has 1 aromatic heterocycles. The van der Waals surface area contributed by atoms with Crippen molar-refractivity contribution in [2.75, 3.05) is 11.9 Å². The Morgan fingerprint density at radius 3 is 2.70 bits per heavy atom. The first-order valence-corrected chi connectivity index (χ1v) is 7.17. The van der Waals surface area contributed by atoms with Crippen LogP contribution in [0.5, 0.6) is 5.75 Å². The van der Waals surface area contributed by atoms with E-state index < -0.39 is 0 Å². The molecule has 5 heteroatoms. The number of amides is 1. The predicted molar refractivity (Wildman–Crippen MR) is 83.4 cm³/mol. The van der Waals surface area contributed by atoms with Gasteiger partial charge in [-0.25, -0.2) is 0 Å². The summed E-state index contributed by atoms with van der Waals surface area (Å²) in [6.07, 6.45) is 1.85. The Balaban J connectivity index is 2.16.